The lowest BCUT2D eigenvalue weighted by atomic mass is 10.1. The molecule has 0 saturated carbocycles. The van der Waals surface area contributed by atoms with Crippen LogP contribution in [0.3, 0.4) is 0 Å². The van der Waals surface area contributed by atoms with Crippen LogP contribution in [0.4, 0.5) is 21.9 Å². The molecule has 0 aromatic heterocycles. The van der Waals surface area contributed by atoms with E-state index in [-0.39, 0.29) is 11.8 Å². The number of likely N-dealkylation sites (N-methyl/N-ethyl adjacent to an activating group) is 1. The number of carbonyl (C=O) groups excluding carboxylic acids is 3. The number of allylic oxidation sites excluding steroid dienone is 2. The lowest BCUT2D eigenvalue weighted by Gasteiger charge is -2.13. The van der Waals surface area contributed by atoms with Crippen LogP contribution in [0.5, 0.6) is 11.5 Å². The first-order chi connectivity index (χ1) is 18.9. The molecule has 4 N–H and O–H groups in total. The van der Waals surface area contributed by atoms with Crippen molar-refractivity contribution in [3.05, 3.63) is 102 Å². The number of para-hydroxylation sites is 1. The normalized spacial score (nSPS) is 12.3. The minimum absolute atomic E-state index is 0.269. The highest BCUT2D eigenvalue weighted by Gasteiger charge is 2.14. The van der Waals surface area contributed by atoms with Crippen molar-refractivity contribution in [2.45, 2.75) is 6.42 Å². The summed E-state index contributed by atoms with van der Waals surface area (Å²) in [6.45, 7) is 0. The molecule has 4 rings (SSSR count). The molecule has 10 nitrogen and oxygen atoms in total. The summed E-state index contributed by atoms with van der Waals surface area (Å²) in [7, 11) is 3.02. The Balaban J connectivity index is 1.36. The number of nitrogens with one attached hydrogen (secondary N) is 4. The number of urea groups is 1. The first kappa shape index (κ1) is 26.7. The van der Waals surface area contributed by atoms with Gasteiger partial charge >= 0.3 is 6.03 Å². The fourth-order valence-electron chi connectivity index (χ4n) is 3.59. The van der Waals surface area contributed by atoms with Crippen LogP contribution in [0, 0.1) is 0 Å². The molecule has 3 aromatic rings. The SMILES string of the molecule is CNC(=O)C1=CCC(Oc2ccc(NC(=O)Nc3cc(C(=O)Nc4ccccc4)ccc3OC)cc2)=CC=N1. The topological polar surface area (TPSA) is 130 Å². The number of carbonyl (C=O) groups is 3. The van der Waals surface area contributed by atoms with Crippen molar-refractivity contribution in [1.82, 2.24) is 5.32 Å². The fraction of sp³-hybridized carbons (Fsp3) is 0.103. The Morgan fingerprint density at radius 2 is 1.59 bits per heavy atom. The number of aliphatic imine (C=N–C) groups is 1. The van der Waals surface area contributed by atoms with Crippen LogP contribution in [0.25, 0.3) is 0 Å². The third-order valence-corrected chi connectivity index (χ3v) is 5.53. The molecule has 1 aliphatic heterocycles. The molecule has 1 aliphatic rings. The molecule has 0 aliphatic carbocycles. The minimum atomic E-state index is -0.517. The van der Waals surface area contributed by atoms with E-state index in [2.05, 4.69) is 26.3 Å². The summed E-state index contributed by atoms with van der Waals surface area (Å²) in [4.78, 5) is 41.2. The van der Waals surface area contributed by atoms with Crippen molar-refractivity contribution in [3.8, 4) is 11.5 Å². The van der Waals surface area contributed by atoms with Gasteiger partial charge in [0.05, 0.1) is 12.8 Å². The maximum atomic E-state index is 12.7. The molecule has 198 valence electrons. The molecule has 0 atom stereocenters. The van der Waals surface area contributed by atoms with E-state index in [0.717, 1.165) is 0 Å². The molecule has 0 unspecified atom stereocenters. The number of amides is 4. The van der Waals surface area contributed by atoms with Gasteiger partial charge < -0.3 is 30.7 Å². The number of hydrogen-bond donors (Lipinski definition) is 4. The Bertz CT molecular complexity index is 1450. The molecular formula is C29H27N5O5. The van der Waals surface area contributed by atoms with Crippen molar-refractivity contribution in [1.29, 1.82) is 0 Å². The maximum absolute atomic E-state index is 12.7. The van der Waals surface area contributed by atoms with Crippen molar-refractivity contribution in [3.63, 3.8) is 0 Å². The first-order valence-corrected chi connectivity index (χ1v) is 12.0. The van der Waals surface area contributed by atoms with Gasteiger partial charge in [0.25, 0.3) is 11.8 Å². The average Bonchev–Trinajstić information content (AvgIpc) is 3.19. The molecule has 0 fully saturated rings. The smallest absolute Gasteiger partial charge is 0.323 e. The molecule has 39 heavy (non-hydrogen) atoms. The van der Waals surface area contributed by atoms with E-state index >= 15 is 0 Å². The van der Waals surface area contributed by atoms with Gasteiger partial charge in [0.15, 0.2) is 0 Å². The number of benzene rings is 3. The van der Waals surface area contributed by atoms with Crippen molar-refractivity contribution in [2.24, 2.45) is 4.99 Å². The van der Waals surface area contributed by atoms with Gasteiger partial charge in [0.1, 0.15) is 23.0 Å². The van der Waals surface area contributed by atoms with Gasteiger partial charge in [-0.1, -0.05) is 18.2 Å². The van der Waals surface area contributed by atoms with Gasteiger partial charge in [-0.3, -0.25) is 14.6 Å². The van der Waals surface area contributed by atoms with E-state index < -0.39 is 6.03 Å². The largest absolute Gasteiger partial charge is 0.495 e. The zero-order valence-electron chi connectivity index (χ0n) is 21.4. The third kappa shape index (κ3) is 7.32. The Kier molecular flexibility index (Phi) is 8.71. The monoisotopic (exact) mass is 525 g/mol. The molecule has 4 amide bonds. The quantitative estimate of drug-likeness (QED) is 0.330. The van der Waals surface area contributed by atoms with Crippen LogP contribution in [0.1, 0.15) is 16.8 Å². The van der Waals surface area contributed by atoms with E-state index in [4.69, 9.17) is 9.47 Å². The second kappa shape index (κ2) is 12.7. The van der Waals surface area contributed by atoms with Gasteiger partial charge in [0, 0.05) is 36.6 Å². The zero-order chi connectivity index (χ0) is 27.6. The molecule has 0 spiro atoms. The van der Waals surface area contributed by atoms with Gasteiger partial charge in [-0.05, 0) is 66.7 Å². The van der Waals surface area contributed by atoms with Gasteiger partial charge in [0.2, 0.25) is 0 Å². The molecule has 3 aromatic carbocycles. The van der Waals surface area contributed by atoms with Crippen LogP contribution in [-0.4, -0.2) is 38.2 Å². The van der Waals surface area contributed by atoms with Crippen LogP contribution >= 0.6 is 0 Å². The standard InChI is InChI=1S/C29H27N5O5/c1-30-28(36)24-14-13-23(16-17-31-24)39-22-11-9-21(10-12-22)33-29(37)34-25-18-19(8-15-26(25)38-2)27(35)32-20-6-4-3-5-7-20/h3-12,14-18H,13H2,1-2H3,(H,30,36)(H,32,35)(H2,33,34,37). The van der Waals surface area contributed by atoms with Crippen molar-refractivity contribution < 1.29 is 23.9 Å². The van der Waals surface area contributed by atoms with Crippen molar-refractivity contribution in [2.75, 3.05) is 30.1 Å². The summed E-state index contributed by atoms with van der Waals surface area (Å²) in [6.07, 6.45) is 5.28. The predicted octanol–water partition coefficient (Wildman–Crippen LogP) is 4.96. The number of ether oxygens (including phenoxy) is 2. The molecular weight excluding hydrogens is 498 g/mol. The van der Waals surface area contributed by atoms with Crippen molar-refractivity contribution >= 4 is 41.1 Å². The maximum Gasteiger partial charge on any atom is 0.323 e. The second-order valence-corrected chi connectivity index (χ2v) is 8.22. The Morgan fingerprint density at radius 1 is 0.846 bits per heavy atom. The molecule has 0 saturated heterocycles. The lowest BCUT2D eigenvalue weighted by Crippen LogP contribution is -2.20. The van der Waals surface area contributed by atoms with E-state index in [1.807, 2.05) is 18.2 Å². The van der Waals surface area contributed by atoms with Crippen LogP contribution in [0.2, 0.25) is 0 Å². The van der Waals surface area contributed by atoms with E-state index in [0.29, 0.717) is 52.0 Å². The second-order valence-electron chi connectivity index (χ2n) is 8.22. The number of nitrogens with zero attached hydrogens (tertiary/aromatic N) is 1. The zero-order valence-corrected chi connectivity index (χ0v) is 21.4. The number of methoxy groups -OCH3 is 1. The van der Waals surface area contributed by atoms with Crippen LogP contribution < -0.4 is 30.7 Å². The molecule has 0 bridgehead atoms. The third-order valence-electron chi connectivity index (χ3n) is 5.53. The number of hydrogen-bond acceptors (Lipinski definition) is 6. The van der Waals surface area contributed by atoms with E-state index in [9.17, 15) is 14.4 Å². The minimum Gasteiger partial charge on any atom is -0.495 e. The van der Waals surface area contributed by atoms with Gasteiger partial charge in [-0.2, -0.15) is 0 Å². The van der Waals surface area contributed by atoms with Gasteiger partial charge in [-0.25, -0.2) is 4.79 Å². The molecule has 1 heterocycles. The van der Waals surface area contributed by atoms with E-state index in [1.54, 1.807) is 73.8 Å². The highest BCUT2D eigenvalue weighted by Crippen LogP contribution is 2.27. The Labute approximate surface area is 225 Å². The number of rotatable bonds is 8. The summed E-state index contributed by atoms with van der Waals surface area (Å²) < 4.78 is 11.2. The highest BCUT2D eigenvalue weighted by atomic mass is 16.5. The number of anilines is 3. The highest BCUT2D eigenvalue weighted by molar-refractivity contribution is 6.06. The Morgan fingerprint density at radius 3 is 2.31 bits per heavy atom. The fourth-order valence-corrected chi connectivity index (χ4v) is 3.59. The Hall–Kier alpha value is -5.38. The predicted molar refractivity (Wildman–Crippen MR) is 150 cm³/mol. The first-order valence-electron chi connectivity index (χ1n) is 12.0. The summed E-state index contributed by atoms with van der Waals surface area (Å²) in [5, 5.41) is 10.8. The summed E-state index contributed by atoms with van der Waals surface area (Å²) in [6, 6.07) is 20.1. The molecule has 10 heteroatoms. The molecule has 0 radical (unpaired) electrons. The van der Waals surface area contributed by atoms with Gasteiger partial charge in [-0.15, -0.1) is 0 Å². The van der Waals surface area contributed by atoms with Crippen LogP contribution in [0.15, 0.2) is 101 Å². The summed E-state index contributed by atoms with van der Waals surface area (Å²) >= 11 is 0. The lowest BCUT2D eigenvalue weighted by molar-refractivity contribution is -0.117. The van der Waals surface area contributed by atoms with E-state index in [1.165, 1.54) is 13.3 Å². The summed E-state index contributed by atoms with van der Waals surface area (Å²) in [5.41, 5.74) is 2.19. The summed E-state index contributed by atoms with van der Waals surface area (Å²) in [5.74, 6) is 0.974. The van der Waals surface area contributed by atoms with Crippen LogP contribution in [-0.2, 0) is 4.79 Å². The average molecular weight is 526 g/mol.